The molecule has 4 atom stereocenters. The number of carbonyl (C=O) groups excluding carboxylic acids is 2. The van der Waals surface area contributed by atoms with Crippen LogP contribution in [0, 0.1) is 17.8 Å². The Balaban J connectivity index is 1.59. The van der Waals surface area contributed by atoms with Gasteiger partial charge < -0.3 is 4.74 Å². The van der Waals surface area contributed by atoms with Crippen molar-refractivity contribution in [2.75, 3.05) is 6.61 Å². The Bertz CT molecular complexity index is 629. The summed E-state index contributed by atoms with van der Waals surface area (Å²) in [6, 6.07) is 9.83. The second-order valence-corrected chi connectivity index (χ2v) is 7.73. The Morgan fingerprint density at radius 1 is 0.920 bits per heavy atom. The van der Waals surface area contributed by atoms with Gasteiger partial charge in [-0.3, -0.25) is 14.5 Å². The van der Waals surface area contributed by atoms with Crippen molar-refractivity contribution in [3.63, 3.8) is 0 Å². The molecule has 0 aromatic heterocycles. The van der Waals surface area contributed by atoms with Gasteiger partial charge in [0, 0.05) is 6.61 Å². The second kappa shape index (κ2) is 7.28. The van der Waals surface area contributed by atoms with E-state index in [1.165, 1.54) is 24.2 Å². The molecule has 1 aromatic carbocycles. The zero-order valence-corrected chi connectivity index (χ0v) is 14.7. The van der Waals surface area contributed by atoms with E-state index in [-0.39, 0.29) is 35.7 Å². The van der Waals surface area contributed by atoms with E-state index in [9.17, 15) is 9.59 Å². The smallest absolute Gasteiger partial charge is 0.233 e. The number of fused-ring (bicyclic) bond motifs is 3. The number of benzene rings is 1. The Morgan fingerprint density at radius 3 is 2.48 bits per heavy atom. The molecule has 2 saturated heterocycles. The van der Waals surface area contributed by atoms with Crippen LogP contribution >= 0.6 is 0 Å². The fraction of sp³-hybridized carbons (Fsp3) is 0.619. The van der Waals surface area contributed by atoms with Gasteiger partial charge in [-0.05, 0) is 30.7 Å². The number of rotatable bonds is 2. The van der Waals surface area contributed by atoms with Gasteiger partial charge in [0.05, 0.1) is 24.5 Å². The van der Waals surface area contributed by atoms with Gasteiger partial charge in [0.25, 0.3) is 0 Å². The second-order valence-electron chi connectivity index (χ2n) is 7.73. The summed E-state index contributed by atoms with van der Waals surface area (Å²) in [5.74, 6) is -0.0671. The van der Waals surface area contributed by atoms with Crippen LogP contribution in [-0.2, 0) is 20.9 Å². The largest absolute Gasteiger partial charge is 0.378 e. The van der Waals surface area contributed by atoms with E-state index in [1.54, 1.807) is 0 Å². The lowest BCUT2D eigenvalue weighted by atomic mass is 9.75. The first-order valence-electron chi connectivity index (χ1n) is 9.76. The van der Waals surface area contributed by atoms with Crippen LogP contribution in [0.5, 0.6) is 0 Å². The summed E-state index contributed by atoms with van der Waals surface area (Å²) in [4.78, 5) is 27.7. The first-order valence-corrected chi connectivity index (χ1v) is 9.76. The fourth-order valence-electron chi connectivity index (χ4n) is 4.96. The molecule has 0 radical (unpaired) electrons. The van der Waals surface area contributed by atoms with E-state index in [0.717, 1.165) is 24.8 Å². The summed E-state index contributed by atoms with van der Waals surface area (Å²) in [6.07, 6.45) is 7.71. The third-order valence-corrected chi connectivity index (χ3v) is 6.23. The first kappa shape index (κ1) is 16.8. The van der Waals surface area contributed by atoms with E-state index >= 15 is 0 Å². The van der Waals surface area contributed by atoms with E-state index < -0.39 is 0 Å². The molecule has 4 unspecified atom stereocenters. The van der Waals surface area contributed by atoms with Crippen molar-refractivity contribution in [1.29, 1.82) is 0 Å². The van der Waals surface area contributed by atoms with Crippen molar-refractivity contribution >= 4 is 11.8 Å². The molecule has 2 amide bonds. The van der Waals surface area contributed by atoms with Gasteiger partial charge in [0.1, 0.15) is 0 Å². The topological polar surface area (TPSA) is 46.6 Å². The van der Waals surface area contributed by atoms with Crippen LogP contribution in [0.25, 0.3) is 0 Å². The Hall–Kier alpha value is -1.68. The number of hydrogen-bond acceptors (Lipinski definition) is 3. The number of imide groups is 1. The molecule has 134 valence electrons. The lowest BCUT2D eigenvalue weighted by Crippen LogP contribution is -2.36. The molecule has 4 heteroatoms. The fourth-order valence-corrected chi connectivity index (χ4v) is 4.96. The zero-order valence-electron chi connectivity index (χ0n) is 14.7. The predicted octanol–water partition coefficient (Wildman–Crippen LogP) is 3.55. The number of carbonyl (C=O) groups is 2. The summed E-state index contributed by atoms with van der Waals surface area (Å²) >= 11 is 0. The maximum absolute atomic E-state index is 13.2. The third-order valence-electron chi connectivity index (χ3n) is 6.23. The first-order chi connectivity index (χ1) is 12.3. The van der Waals surface area contributed by atoms with Crippen LogP contribution in [0.4, 0.5) is 0 Å². The van der Waals surface area contributed by atoms with Crippen molar-refractivity contribution in [2.45, 2.75) is 57.6 Å². The van der Waals surface area contributed by atoms with Crippen molar-refractivity contribution < 1.29 is 14.3 Å². The number of hydrogen-bond donors (Lipinski definition) is 0. The maximum Gasteiger partial charge on any atom is 0.233 e. The average molecular weight is 341 g/mol. The van der Waals surface area contributed by atoms with E-state index in [4.69, 9.17) is 4.74 Å². The van der Waals surface area contributed by atoms with E-state index in [0.29, 0.717) is 19.6 Å². The molecule has 2 heterocycles. The molecule has 1 saturated carbocycles. The molecule has 0 spiro atoms. The Kier molecular flexibility index (Phi) is 4.89. The summed E-state index contributed by atoms with van der Waals surface area (Å²) < 4.78 is 6.11. The predicted molar refractivity (Wildman–Crippen MR) is 94.5 cm³/mol. The van der Waals surface area contributed by atoms with Crippen LogP contribution in [0.2, 0.25) is 0 Å². The molecule has 3 aliphatic rings. The molecular weight excluding hydrogens is 314 g/mol. The van der Waals surface area contributed by atoms with Crippen molar-refractivity contribution in [3.05, 3.63) is 35.9 Å². The maximum atomic E-state index is 13.2. The van der Waals surface area contributed by atoms with Crippen LogP contribution in [0.3, 0.4) is 0 Å². The minimum absolute atomic E-state index is 0.0187. The quantitative estimate of drug-likeness (QED) is 0.773. The Morgan fingerprint density at radius 2 is 1.68 bits per heavy atom. The molecule has 4 nitrogen and oxygen atoms in total. The standard InChI is InChI=1S/C21H27NO3/c23-20-17-12-13-25-18-11-7-2-1-6-10-16(18)19(17)21(24)22(20)14-15-8-4-3-5-9-15/h3-5,8-9,16-19H,1-2,6-7,10-14H2. The monoisotopic (exact) mass is 341 g/mol. The highest BCUT2D eigenvalue weighted by molar-refractivity contribution is 6.05. The highest BCUT2D eigenvalue weighted by atomic mass is 16.5. The van der Waals surface area contributed by atoms with E-state index in [2.05, 4.69) is 0 Å². The highest BCUT2D eigenvalue weighted by Crippen LogP contribution is 2.43. The molecule has 3 fully saturated rings. The minimum Gasteiger partial charge on any atom is -0.378 e. The van der Waals surface area contributed by atoms with Gasteiger partial charge in [-0.25, -0.2) is 0 Å². The molecule has 25 heavy (non-hydrogen) atoms. The summed E-state index contributed by atoms with van der Waals surface area (Å²) in [6.45, 7) is 1.02. The lowest BCUT2D eigenvalue weighted by Gasteiger charge is -2.31. The van der Waals surface area contributed by atoms with Gasteiger partial charge in [-0.1, -0.05) is 56.0 Å². The van der Waals surface area contributed by atoms with Crippen LogP contribution in [0.1, 0.15) is 50.5 Å². The molecule has 1 aliphatic carbocycles. The van der Waals surface area contributed by atoms with Gasteiger partial charge in [0.15, 0.2) is 0 Å². The number of nitrogens with zero attached hydrogens (tertiary/aromatic N) is 1. The Labute approximate surface area is 149 Å². The SMILES string of the molecule is O=C1C2CCOC3CCCCCCC3C2C(=O)N1Cc1ccccc1. The van der Waals surface area contributed by atoms with Gasteiger partial charge >= 0.3 is 0 Å². The summed E-state index contributed by atoms with van der Waals surface area (Å²) in [7, 11) is 0. The normalized spacial score (nSPS) is 33.2. The van der Waals surface area contributed by atoms with Gasteiger partial charge in [-0.2, -0.15) is 0 Å². The average Bonchev–Trinajstić information content (AvgIpc) is 2.74. The van der Waals surface area contributed by atoms with Crippen molar-refractivity contribution in [1.82, 2.24) is 4.90 Å². The van der Waals surface area contributed by atoms with Crippen LogP contribution in [-0.4, -0.2) is 29.4 Å². The minimum atomic E-state index is -0.175. The van der Waals surface area contributed by atoms with Crippen molar-refractivity contribution in [3.8, 4) is 0 Å². The summed E-state index contributed by atoms with van der Waals surface area (Å²) in [5.41, 5.74) is 1.02. The number of likely N-dealkylation sites (tertiary alicyclic amines) is 1. The lowest BCUT2D eigenvalue weighted by molar-refractivity contribution is -0.142. The molecule has 1 aromatic rings. The summed E-state index contributed by atoms with van der Waals surface area (Å²) in [5, 5.41) is 0. The van der Waals surface area contributed by atoms with Crippen molar-refractivity contribution in [2.24, 2.45) is 17.8 Å². The highest BCUT2D eigenvalue weighted by Gasteiger charge is 2.53. The molecule has 0 N–H and O–H groups in total. The molecular formula is C21H27NO3. The third kappa shape index (κ3) is 3.24. The van der Waals surface area contributed by atoms with E-state index in [1.807, 2.05) is 30.3 Å². The number of ether oxygens (including phenoxy) is 1. The molecule has 0 bridgehead atoms. The van der Waals surface area contributed by atoms with Crippen LogP contribution < -0.4 is 0 Å². The molecule has 2 aliphatic heterocycles. The number of amides is 2. The molecule has 4 rings (SSSR count). The van der Waals surface area contributed by atoms with Gasteiger partial charge in [-0.15, -0.1) is 0 Å². The van der Waals surface area contributed by atoms with Gasteiger partial charge in [0.2, 0.25) is 11.8 Å². The zero-order chi connectivity index (χ0) is 17.2. The van der Waals surface area contributed by atoms with Crippen LogP contribution in [0.15, 0.2) is 30.3 Å².